The molecule has 1 aliphatic rings. The first kappa shape index (κ1) is 9.79. The maximum absolute atomic E-state index is 10.5. The standard InChI is InChI=1S/C7H11NO5/c9-5-1-4(6(10)11)2-8(3-5)7(12)13/h4-5,9H,1-3H2,(H,10,11)(H,12,13). The van der Waals surface area contributed by atoms with Crippen molar-refractivity contribution in [1.82, 2.24) is 4.90 Å². The second-order valence-electron chi connectivity index (χ2n) is 3.11. The largest absolute Gasteiger partial charge is 0.481 e. The Morgan fingerprint density at radius 3 is 2.31 bits per heavy atom. The molecule has 0 aromatic rings. The van der Waals surface area contributed by atoms with Gasteiger partial charge in [0.1, 0.15) is 0 Å². The third-order valence-electron chi connectivity index (χ3n) is 2.05. The zero-order valence-corrected chi connectivity index (χ0v) is 6.88. The van der Waals surface area contributed by atoms with Gasteiger partial charge < -0.3 is 20.2 Å². The molecule has 1 saturated heterocycles. The molecule has 13 heavy (non-hydrogen) atoms. The number of amides is 1. The Kier molecular flexibility index (Phi) is 2.72. The van der Waals surface area contributed by atoms with Gasteiger partial charge in [0.15, 0.2) is 0 Å². The van der Waals surface area contributed by atoms with Crippen LogP contribution in [0, 0.1) is 5.92 Å². The van der Waals surface area contributed by atoms with Gasteiger partial charge in [-0.1, -0.05) is 0 Å². The molecular weight excluding hydrogens is 178 g/mol. The van der Waals surface area contributed by atoms with E-state index >= 15 is 0 Å². The molecule has 0 aromatic heterocycles. The fourth-order valence-corrected chi connectivity index (χ4v) is 1.41. The van der Waals surface area contributed by atoms with E-state index in [0.29, 0.717) is 0 Å². The Labute approximate surface area is 74.4 Å². The number of likely N-dealkylation sites (tertiary alicyclic amines) is 1. The Morgan fingerprint density at radius 1 is 1.23 bits per heavy atom. The van der Waals surface area contributed by atoms with Crippen LogP contribution in [0.15, 0.2) is 0 Å². The van der Waals surface area contributed by atoms with Crippen molar-refractivity contribution in [3.63, 3.8) is 0 Å². The van der Waals surface area contributed by atoms with Crippen LogP contribution in [0.5, 0.6) is 0 Å². The van der Waals surface area contributed by atoms with Crippen LogP contribution in [0.4, 0.5) is 4.79 Å². The number of hydrogen-bond acceptors (Lipinski definition) is 3. The van der Waals surface area contributed by atoms with Crippen LogP contribution in [-0.2, 0) is 4.79 Å². The second-order valence-corrected chi connectivity index (χ2v) is 3.11. The van der Waals surface area contributed by atoms with E-state index in [-0.39, 0.29) is 19.5 Å². The lowest BCUT2D eigenvalue weighted by Crippen LogP contribution is -2.47. The van der Waals surface area contributed by atoms with Crippen LogP contribution >= 0.6 is 0 Å². The third-order valence-corrected chi connectivity index (χ3v) is 2.05. The van der Waals surface area contributed by atoms with E-state index in [4.69, 9.17) is 10.2 Å². The molecule has 0 saturated carbocycles. The Morgan fingerprint density at radius 2 is 1.85 bits per heavy atom. The molecule has 1 heterocycles. The van der Waals surface area contributed by atoms with Crippen molar-refractivity contribution in [2.45, 2.75) is 12.5 Å². The van der Waals surface area contributed by atoms with E-state index < -0.39 is 24.1 Å². The molecule has 2 unspecified atom stereocenters. The van der Waals surface area contributed by atoms with E-state index in [9.17, 15) is 14.7 Å². The van der Waals surface area contributed by atoms with E-state index in [1.54, 1.807) is 0 Å². The highest BCUT2D eigenvalue weighted by atomic mass is 16.4. The summed E-state index contributed by atoms with van der Waals surface area (Å²) in [5.74, 6) is -1.86. The number of aliphatic hydroxyl groups is 1. The van der Waals surface area contributed by atoms with Gasteiger partial charge >= 0.3 is 12.1 Å². The number of carboxylic acid groups (broad SMARTS) is 2. The Balaban J connectivity index is 2.62. The lowest BCUT2D eigenvalue weighted by molar-refractivity contribution is -0.145. The van der Waals surface area contributed by atoms with Crippen molar-refractivity contribution >= 4 is 12.1 Å². The summed E-state index contributed by atoms with van der Waals surface area (Å²) in [5.41, 5.74) is 0. The second kappa shape index (κ2) is 3.61. The van der Waals surface area contributed by atoms with Crippen LogP contribution in [0.2, 0.25) is 0 Å². The lowest BCUT2D eigenvalue weighted by Gasteiger charge is -2.31. The van der Waals surface area contributed by atoms with Crippen molar-refractivity contribution < 1.29 is 24.9 Å². The number of carbonyl (C=O) groups is 2. The minimum Gasteiger partial charge on any atom is -0.481 e. The summed E-state index contributed by atoms with van der Waals surface area (Å²) in [6.45, 7) is -0.0408. The van der Waals surface area contributed by atoms with Crippen molar-refractivity contribution in [3.05, 3.63) is 0 Å². The first-order valence-corrected chi connectivity index (χ1v) is 3.89. The number of aliphatic hydroxyl groups excluding tert-OH is 1. The highest BCUT2D eigenvalue weighted by molar-refractivity contribution is 5.72. The summed E-state index contributed by atoms with van der Waals surface area (Å²) in [7, 11) is 0. The normalized spacial score (nSPS) is 28.5. The lowest BCUT2D eigenvalue weighted by atomic mass is 9.96. The molecular formula is C7H11NO5. The van der Waals surface area contributed by atoms with Crippen LogP contribution < -0.4 is 0 Å². The summed E-state index contributed by atoms with van der Waals surface area (Å²) in [5, 5.41) is 26.4. The monoisotopic (exact) mass is 189 g/mol. The number of aliphatic carboxylic acids is 1. The molecule has 1 rings (SSSR count). The number of hydrogen-bond donors (Lipinski definition) is 3. The molecule has 0 spiro atoms. The number of piperidine rings is 1. The van der Waals surface area contributed by atoms with Crippen LogP contribution in [0.25, 0.3) is 0 Å². The molecule has 6 heteroatoms. The highest BCUT2D eigenvalue weighted by Crippen LogP contribution is 2.16. The average Bonchev–Trinajstić information content (AvgIpc) is 2.03. The molecule has 1 aliphatic heterocycles. The topological polar surface area (TPSA) is 98.1 Å². The minimum atomic E-state index is -1.19. The SMILES string of the molecule is O=C(O)C1CC(O)CN(C(=O)O)C1. The summed E-state index contributed by atoms with van der Waals surface area (Å²) < 4.78 is 0. The molecule has 0 aliphatic carbocycles. The van der Waals surface area contributed by atoms with Gasteiger partial charge in [-0.25, -0.2) is 4.79 Å². The molecule has 6 nitrogen and oxygen atoms in total. The molecule has 1 amide bonds. The smallest absolute Gasteiger partial charge is 0.407 e. The third kappa shape index (κ3) is 2.32. The van der Waals surface area contributed by atoms with E-state index in [2.05, 4.69) is 0 Å². The van der Waals surface area contributed by atoms with Gasteiger partial charge in [-0.2, -0.15) is 0 Å². The predicted octanol–water partition coefficient (Wildman–Crippen LogP) is -0.568. The number of nitrogens with zero attached hydrogens (tertiary/aromatic N) is 1. The molecule has 0 bridgehead atoms. The number of rotatable bonds is 1. The zero-order chi connectivity index (χ0) is 10.0. The summed E-state index contributed by atoms with van der Waals surface area (Å²) in [6.07, 6.45) is -1.94. The molecule has 3 N–H and O–H groups in total. The summed E-state index contributed by atoms with van der Waals surface area (Å²) >= 11 is 0. The Bertz CT molecular complexity index is 207. The van der Waals surface area contributed by atoms with E-state index in [1.807, 2.05) is 0 Å². The first-order chi connectivity index (χ1) is 6.00. The zero-order valence-electron chi connectivity index (χ0n) is 6.88. The molecule has 0 radical (unpaired) electrons. The van der Waals surface area contributed by atoms with Crippen molar-refractivity contribution in [2.24, 2.45) is 5.92 Å². The maximum Gasteiger partial charge on any atom is 0.407 e. The van der Waals surface area contributed by atoms with E-state index in [1.165, 1.54) is 0 Å². The molecule has 74 valence electrons. The maximum atomic E-state index is 10.5. The van der Waals surface area contributed by atoms with Crippen LogP contribution in [0.3, 0.4) is 0 Å². The van der Waals surface area contributed by atoms with Crippen LogP contribution in [0.1, 0.15) is 6.42 Å². The van der Waals surface area contributed by atoms with Crippen molar-refractivity contribution in [3.8, 4) is 0 Å². The van der Waals surface area contributed by atoms with Gasteiger partial charge in [-0.3, -0.25) is 4.79 Å². The van der Waals surface area contributed by atoms with Gasteiger partial charge in [-0.15, -0.1) is 0 Å². The Hall–Kier alpha value is -1.30. The van der Waals surface area contributed by atoms with Crippen LogP contribution in [-0.4, -0.2) is 51.5 Å². The summed E-state index contributed by atoms with van der Waals surface area (Å²) in [4.78, 5) is 22.0. The van der Waals surface area contributed by atoms with Crippen molar-refractivity contribution in [2.75, 3.05) is 13.1 Å². The minimum absolute atomic E-state index is 0.000880. The highest BCUT2D eigenvalue weighted by Gasteiger charge is 2.32. The van der Waals surface area contributed by atoms with Gasteiger partial charge in [0.2, 0.25) is 0 Å². The predicted molar refractivity (Wildman–Crippen MR) is 41.3 cm³/mol. The fourth-order valence-electron chi connectivity index (χ4n) is 1.41. The van der Waals surface area contributed by atoms with Gasteiger partial charge in [0.25, 0.3) is 0 Å². The van der Waals surface area contributed by atoms with Gasteiger partial charge in [-0.05, 0) is 6.42 Å². The van der Waals surface area contributed by atoms with E-state index in [0.717, 1.165) is 4.90 Å². The quantitative estimate of drug-likeness (QED) is 0.513. The molecule has 0 aromatic carbocycles. The number of carboxylic acids is 1. The fraction of sp³-hybridized carbons (Fsp3) is 0.714. The average molecular weight is 189 g/mol. The first-order valence-electron chi connectivity index (χ1n) is 3.89. The number of β-amino-alcohol motifs (C(OH)–C–C–N with tert-alkyl or cyclic N) is 1. The van der Waals surface area contributed by atoms with Gasteiger partial charge in [0, 0.05) is 13.1 Å². The van der Waals surface area contributed by atoms with Gasteiger partial charge in [0.05, 0.1) is 12.0 Å². The molecule has 1 fully saturated rings. The molecule has 2 atom stereocenters. The van der Waals surface area contributed by atoms with Crippen molar-refractivity contribution in [1.29, 1.82) is 0 Å². The summed E-state index contributed by atoms with van der Waals surface area (Å²) in [6, 6.07) is 0.